The van der Waals surface area contributed by atoms with Gasteiger partial charge in [-0.1, -0.05) is 17.7 Å². The Balaban J connectivity index is 2.02. The Kier molecular flexibility index (Phi) is 4.17. The third-order valence-corrected chi connectivity index (χ3v) is 3.47. The fourth-order valence-corrected chi connectivity index (χ4v) is 2.32. The smallest absolute Gasteiger partial charge is 0.134 e. The molecule has 102 valence electrons. The number of furan rings is 1. The molecule has 19 heavy (non-hydrogen) atoms. The lowest BCUT2D eigenvalue weighted by Crippen LogP contribution is -2.18. The van der Waals surface area contributed by atoms with Gasteiger partial charge in [-0.15, -0.1) is 0 Å². The molecule has 0 saturated heterocycles. The van der Waals surface area contributed by atoms with Crippen molar-refractivity contribution in [1.82, 2.24) is 5.32 Å². The lowest BCUT2D eigenvalue weighted by molar-refractivity contribution is 0.475. The fraction of sp³-hybridized carbons (Fsp3) is 0.333. The largest absolute Gasteiger partial charge is 0.506 e. The Bertz CT molecular complexity index is 578. The molecule has 0 spiro atoms. The minimum Gasteiger partial charge on any atom is -0.506 e. The van der Waals surface area contributed by atoms with Gasteiger partial charge < -0.3 is 14.8 Å². The van der Waals surface area contributed by atoms with E-state index in [1.54, 1.807) is 12.1 Å². The van der Waals surface area contributed by atoms with E-state index in [0.29, 0.717) is 11.6 Å². The number of aryl methyl sites for hydroxylation is 2. The molecule has 0 amide bonds. The maximum atomic E-state index is 9.37. The van der Waals surface area contributed by atoms with Crippen LogP contribution in [0.15, 0.2) is 28.7 Å². The topological polar surface area (TPSA) is 45.4 Å². The van der Waals surface area contributed by atoms with E-state index >= 15 is 0 Å². The fourth-order valence-electron chi connectivity index (χ4n) is 2.12. The molecule has 2 rings (SSSR count). The standard InChI is InChI=1S/C15H18ClNO2/c1-9-6-13(11(3)19-9)10(2)17-8-12-4-5-15(18)14(16)7-12/h4-7,10,17-18H,8H2,1-3H3. The van der Waals surface area contributed by atoms with Crippen LogP contribution in [0.4, 0.5) is 0 Å². The average molecular weight is 280 g/mol. The van der Waals surface area contributed by atoms with E-state index in [1.165, 1.54) is 5.56 Å². The highest BCUT2D eigenvalue weighted by atomic mass is 35.5. The molecule has 0 bridgehead atoms. The van der Waals surface area contributed by atoms with Crippen LogP contribution in [-0.4, -0.2) is 5.11 Å². The van der Waals surface area contributed by atoms with Gasteiger partial charge in [0.25, 0.3) is 0 Å². The summed E-state index contributed by atoms with van der Waals surface area (Å²) in [6.07, 6.45) is 0. The summed E-state index contributed by atoms with van der Waals surface area (Å²) in [5.74, 6) is 1.98. The summed E-state index contributed by atoms with van der Waals surface area (Å²) in [5.41, 5.74) is 2.20. The monoisotopic (exact) mass is 279 g/mol. The first-order valence-corrected chi connectivity index (χ1v) is 6.63. The normalized spacial score (nSPS) is 12.6. The van der Waals surface area contributed by atoms with Crippen LogP contribution in [0.3, 0.4) is 0 Å². The molecule has 0 saturated carbocycles. The Labute approximate surface area is 118 Å². The van der Waals surface area contributed by atoms with Gasteiger partial charge in [0.05, 0.1) is 5.02 Å². The quantitative estimate of drug-likeness (QED) is 0.885. The molecule has 1 aromatic heterocycles. The van der Waals surface area contributed by atoms with Gasteiger partial charge in [0.1, 0.15) is 17.3 Å². The Morgan fingerprint density at radius 1 is 1.32 bits per heavy atom. The number of rotatable bonds is 4. The first-order chi connectivity index (χ1) is 8.97. The molecule has 0 aliphatic carbocycles. The van der Waals surface area contributed by atoms with Crippen LogP contribution in [0.25, 0.3) is 0 Å². The SMILES string of the molecule is Cc1cc(C(C)NCc2ccc(O)c(Cl)c2)c(C)o1. The van der Waals surface area contributed by atoms with E-state index in [1.807, 2.05) is 19.9 Å². The molecule has 2 aromatic rings. The number of hydrogen-bond acceptors (Lipinski definition) is 3. The highest BCUT2D eigenvalue weighted by Crippen LogP contribution is 2.25. The van der Waals surface area contributed by atoms with E-state index in [0.717, 1.165) is 17.1 Å². The molecule has 0 aliphatic heterocycles. The predicted molar refractivity (Wildman–Crippen MR) is 76.6 cm³/mol. The van der Waals surface area contributed by atoms with Crippen molar-refractivity contribution in [2.24, 2.45) is 0 Å². The van der Waals surface area contributed by atoms with Gasteiger partial charge in [-0.3, -0.25) is 0 Å². The maximum Gasteiger partial charge on any atom is 0.134 e. The first kappa shape index (κ1) is 14.0. The van der Waals surface area contributed by atoms with Gasteiger partial charge in [0.2, 0.25) is 0 Å². The van der Waals surface area contributed by atoms with Crippen molar-refractivity contribution in [2.45, 2.75) is 33.4 Å². The highest BCUT2D eigenvalue weighted by Gasteiger charge is 2.12. The predicted octanol–water partition coefficient (Wildman–Crippen LogP) is 4.11. The molecular formula is C15H18ClNO2. The van der Waals surface area contributed by atoms with Crippen LogP contribution < -0.4 is 5.32 Å². The van der Waals surface area contributed by atoms with E-state index in [9.17, 15) is 5.11 Å². The van der Waals surface area contributed by atoms with Gasteiger partial charge in [-0.2, -0.15) is 0 Å². The molecule has 1 unspecified atom stereocenters. The summed E-state index contributed by atoms with van der Waals surface area (Å²) in [5, 5.41) is 13.2. The zero-order valence-electron chi connectivity index (χ0n) is 11.3. The number of hydrogen-bond donors (Lipinski definition) is 2. The molecule has 3 nitrogen and oxygen atoms in total. The van der Waals surface area contributed by atoms with E-state index in [-0.39, 0.29) is 11.8 Å². The van der Waals surface area contributed by atoms with Crippen LogP contribution in [-0.2, 0) is 6.54 Å². The van der Waals surface area contributed by atoms with Crippen molar-refractivity contribution in [2.75, 3.05) is 0 Å². The van der Waals surface area contributed by atoms with Crippen LogP contribution >= 0.6 is 11.6 Å². The number of phenols is 1. The Morgan fingerprint density at radius 3 is 2.63 bits per heavy atom. The summed E-state index contributed by atoms with van der Waals surface area (Å²) < 4.78 is 5.53. The minimum atomic E-state index is 0.111. The molecule has 1 aromatic carbocycles. The lowest BCUT2D eigenvalue weighted by Gasteiger charge is -2.13. The van der Waals surface area contributed by atoms with E-state index < -0.39 is 0 Å². The Morgan fingerprint density at radius 2 is 2.05 bits per heavy atom. The Hall–Kier alpha value is -1.45. The molecule has 0 fully saturated rings. The third-order valence-electron chi connectivity index (χ3n) is 3.17. The van der Waals surface area contributed by atoms with Crippen LogP contribution in [0.2, 0.25) is 5.02 Å². The molecular weight excluding hydrogens is 262 g/mol. The van der Waals surface area contributed by atoms with Gasteiger partial charge in [0, 0.05) is 18.2 Å². The summed E-state index contributed by atoms with van der Waals surface area (Å²) in [6.45, 7) is 6.70. The third kappa shape index (κ3) is 3.31. The summed E-state index contributed by atoms with van der Waals surface area (Å²) in [6, 6.07) is 7.48. The zero-order valence-corrected chi connectivity index (χ0v) is 12.1. The molecule has 1 atom stereocenters. The summed E-state index contributed by atoms with van der Waals surface area (Å²) >= 11 is 5.88. The second-order valence-electron chi connectivity index (χ2n) is 4.76. The molecule has 2 N–H and O–H groups in total. The molecule has 0 radical (unpaired) electrons. The van der Waals surface area contributed by atoms with E-state index in [2.05, 4.69) is 18.3 Å². The summed E-state index contributed by atoms with van der Waals surface area (Å²) in [4.78, 5) is 0. The van der Waals surface area contributed by atoms with Gasteiger partial charge in [-0.25, -0.2) is 0 Å². The first-order valence-electron chi connectivity index (χ1n) is 6.25. The second kappa shape index (κ2) is 5.68. The number of nitrogens with one attached hydrogen (secondary N) is 1. The number of benzene rings is 1. The molecule has 1 heterocycles. The van der Waals surface area contributed by atoms with Crippen molar-refractivity contribution in [3.63, 3.8) is 0 Å². The average Bonchev–Trinajstić information content (AvgIpc) is 2.70. The number of phenolic OH excluding ortho intramolecular Hbond substituents is 1. The van der Waals surface area contributed by atoms with E-state index in [4.69, 9.17) is 16.0 Å². The molecule has 0 aliphatic rings. The maximum absolute atomic E-state index is 9.37. The van der Waals surface area contributed by atoms with Gasteiger partial charge >= 0.3 is 0 Å². The van der Waals surface area contributed by atoms with Crippen LogP contribution in [0.1, 0.15) is 35.6 Å². The van der Waals surface area contributed by atoms with Crippen molar-refractivity contribution in [3.8, 4) is 5.75 Å². The number of halogens is 1. The molecule has 4 heteroatoms. The second-order valence-corrected chi connectivity index (χ2v) is 5.16. The van der Waals surface area contributed by atoms with Crippen LogP contribution in [0.5, 0.6) is 5.75 Å². The van der Waals surface area contributed by atoms with Crippen molar-refractivity contribution < 1.29 is 9.52 Å². The van der Waals surface area contributed by atoms with Gasteiger partial charge in [-0.05, 0) is 44.5 Å². The lowest BCUT2D eigenvalue weighted by atomic mass is 10.1. The summed E-state index contributed by atoms with van der Waals surface area (Å²) in [7, 11) is 0. The van der Waals surface area contributed by atoms with Crippen molar-refractivity contribution in [3.05, 3.63) is 51.9 Å². The van der Waals surface area contributed by atoms with Crippen molar-refractivity contribution >= 4 is 11.6 Å². The van der Waals surface area contributed by atoms with Crippen LogP contribution in [0, 0.1) is 13.8 Å². The highest BCUT2D eigenvalue weighted by molar-refractivity contribution is 6.32. The number of aromatic hydroxyl groups is 1. The zero-order chi connectivity index (χ0) is 14.0. The van der Waals surface area contributed by atoms with Gasteiger partial charge in [0.15, 0.2) is 0 Å². The van der Waals surface area contributed by atoms with Crippen molar-refractivity contribution in [1.29, 1.82) is 0 Å². The minimum absolute atomic E-state index is 0.111.